The lowest BCUT2D eigenvalue weighted by Crippen LogP contribution is -2.32. The minimum Gasteiger partial charge on any atom is -0.496 e. The number of aryl methyl sites for hydroxylation is 2. The molecule has 1 aromatic rings. The zero-order valence-corrected chi connectivity index (χ0v) is 12.0. The number of carbonyl (C=O) groups is 1. The van der Waals surface area contributed by atoms with Gasteiger partial charge in [-0.2, -0.15) is 0 Å². The van der Waals surface area contributed by atoms with Crippen LogP contribution in [0, 0.1) is 19.3 Å². The lowest BCUT2D eigenvalue weighted by Gasteiger charge is -2.25. The zero-order chi connectivity index (χ0) is 14.2. The van der Waals surface area contributed by atoms with E-state index >= 15 is 0 Å². The standard InChI is InChI=1S/C15H21NO3/c1-10-8-13(19-4)11(2)7-12(10)16(3)9-15(5-6-15)14(17)18/h7-8H,5-6,9H2,1-4H3,(H,17,18). The number of benzene rings is 1. The molecule has 1 fully saturated rings. The van der Waals surface area contributed by atoms with Gasteiger partial charge >= 0.3 is 5.97 Å². The number of rotatable bonds is 5. The van der Waals surface area contributed by atoms with Crippen molar-refractivity contribution in [1.29, 1.82) is 0 Å². The maximum atomic E-state index is 11.3. The molecule has 0 bridgehead atoms. The molecule has 0 atom stereocenters. The summed E-state index contributed by atoms with van der Waals surface area (Å²) in [6.45, 7) is 4.59. The van der Waals surface area contributed by atoms with E-state index in [4.69, 9.17) is 4.74 Å². The van der Waals surface area contributed by atoms with Gasteiger partial charge in [0.25, 0.3) is 0 Å². The third-order valence-corrected chi connectivity index (χ3v) is 3.97. The Morgan fingerprint density at radius 3 is 2.47 bits per heavy atom. The van der Waals surface area contributed by atoms with Crippen molar-refractivity contribution in [3.63, 3.8) is 0 Å². The molecule has 0 aromatic heterocycles. The van der Waals surface area contributed by atoms with E-state index in [-0.39, 0.29) is 0 Å². The van der Waals surface area contributed by atoms with E-state index in [0.29, 0.717) is 6.54 Å². The lowest BCUT2D eigenvalue weighted by molar-refractivity contribution is -0.142. The van der Waals surface area contributed by atoms with Crippen LogP contribution in [0.2, 0.25) is 0 Å². The second kappa shape index (κ2) is 4.76. The molecular formula is C15H21NO3. The van der Waals surface area contributed by atoms with Crippen LogP contribution < -0.4 is 9.64 Å². The van der Waals surface area contributed by atoms with Gasteiger partial charge in [-0.1, -0.05) is 0 Å². The average molecular weight is 263 g/mol. The maximum Gasteiger partial charge on any atom is 0.311 e. The number of methoxy groups -OCH3 is 1. The Labute approximate surface area is 114 Å². The van der Waals surface area contributed by atoms with Crippen LogP contribution >= 0.6 is 0 Å². The molecule has 0 heterocycles. The highest BCUT2D eigenvalue weighted by Crippen LogP contribution is 2.47. The van der Waals surface area contributed by atoms with Gasteiger partial charge in [0.15, 0.2) is 0 Å². The number of carboxylic acids is 1. The second-order valence-electron chi connectivity index (χ2n) is 5.55. The quantitative estimate of drug-likeness (QED) is 0.887. The van der Waals surface area contributed by atoms with Gasteiger partial charge in [-0.3, -0.25) is 4.79 Å². The Balaban J connectivity index is 2.22. The fraction of sp³-hybridized carbons (Fsp3) is 0.533. The number of ether oxygens (including phenoxy) is 1. The summed E-state index contributed by atoms with van der Waals surface area (Å²) in [6, 6.07) is 4.06. The minimum absolute atomic E-state index is 0.533. The molecule has 0 spiro atoms. The van der Waals surface area contributed by atoms with Crippen molar-refractivity contribution < 1.29 is 14.6 Å². The third-order valence-electron chi connectivity index (χ3n) is 3.97. The molecule has 0 radical (unpaired) electrons. The topological polar surface area (TPSA) is 49.8 Å². The number of carboxylic acid groups (broad SMARTS) is 1. The molecule has 0 saturated heterocycles. The Morgan fingerprint density at radius 1 is 1.37 bits per heavy atom. The van der Waals surface area contributed by atoms with Crippen LogP contribution in [-0.4, -0.2) is 31.8 Å². The van der Waals surface area contributed by atoms with Gasteiger partial charge in [0.1, 0.15) is 5.75 Å². The maximum absolute atomic E-state index is 11.3. The summed E-state index contributed by atoms with van der Waals surface area (Å²) in [5.41, 5.74) is 2.71. The lowest BCUT2D eigenvalue weighted by atomic mass is 10.0. The van der Waals surface area contributed by atoms with Crippen LogP contribution in [0.5, 0.6) is 5.75 Å². The van der Waals surface area contributed by atoms with Gasteiger partial charge in [-0.25, -0.2) is 0 Å². The van der Waals surface area contributed by atoms with Crippen LogP contribution in [0.4, 0.5) is 5.69 Å². The van der Waals surface area contributed by atoms with Crippen molar-refractivity contribution in [2.45, 2.75) is 26.7 Å². The number of aliphatic carboxylic acids is 1. The monoisotopic (exact) mass is 263 g/mol. The van der Waals surface area contributed by atoms with Gasteiger partial charge in [-0.15, -0.1) is 0 Å². The Bertz CT molecular complexity index is 506. The van der Waals surface area contributed by atoms with Crippen molar-refractivity contribution in [1.82, 2.24) is 0 Å². The van der Waals surface area contributed by atoms with Crippen molar-refractivity contribution in [2.75, 3.05) is 25.6 Å². The van der Waals surface area contributed by atoms with Crippen LogP contribution in [0.25, 0.3) is 0 Å². The first-order chi connectivity index (χ1) is 8.89. The Morgan fingerprint density at radius 2 is 2.00 bits per heavy atom. The van der Waals surface area contributed by atoms with Crippen LogP contribution in [0.3, 0.4) is 0 Å². The second-order valence-corrected chi connectivity index (χ2v) is 5.55. The SMILES string of the molecule is COc1cc(C)c(N(C)CC2(C(=O)O)CC2)cc1C. The van der Waals surface area contributed by atoms with E-state index in [0.717, 1.165) is 35.4 Å². The highest BCUT2D eigenvalue weighted by Gasteiger charge is 2.51. The van der Waals surface area contributed by atoms with Gasteiger partial charge < -0.3 is 14.7 Å². The summed E-state index contributed by atoms with van der Waals surface area (Å²) in [6.07, 6.45) is 1.56. The van der Waals surface area contributed by atoms with Crippen molar-refractivity contribution in [3.05, 3.63) is 23.3 Å². The van der Waals surface area contributed by atoms with Gasteiger partial charge in [0.05, 0.1) is 12.5 Å². The molecule has 1 aliphatic rings. The fourth-order valence-electron chi connectivity index (χ4n) is 2.54. The van der Waals surface area contributed by atoms with Crippen LogP contribution in [0.1, 0.15) is 24.0 Å². The highest BCUT2D eigenvalue weighted by molar-refractivity contribution is 5.79. The number of hydrogen-bond acceptors (Lipinski definition) is 3. The molecule has 1 aliphatic carbocycles. The Kier molecular flexibility index (Phi) is 3.43. The largest absolute Gasteiger partial charge is 0.496 e. The summed E-state index contributed by atoms with van der Waals surface area (Å²) < 4.78 is 5.30. The summed E-state index contributed by atoms with van der Waals surface area (Å²) >= 11 is 0. The predicted octanol–water partition coefficient (Wildman–Crippen LogP) is 2.61. The molecule has 4 heteroatoms. The van der Waals surface area contributed by atoms with E-state index in [2.05, 4.69) is 6.07 Å². The summed E-state index contributed by atoms with van der Waals surface area (Å²) in [5.74, 6) is 0.191. The summed E-state index contributed by atoms with van der Waals surface area (Å²) in [4.78, 5) is 13.3. The molecule has 104 valence electrons. The molecule has 1 saturated carbocycles. The van der Waals surface area contributed by atoms with Crippen LogP contribution in [0.15, 0.2) is 12.1 Å². The first-order valence-electron chi connectivity index (χ1n) is 6.49. The molecule has 1 N–H and O–H groups in total. The molecule has 1 aromatic carbocycles. The minimum atomic E-state index is -0.678. The molecule has 0 aliphatic heterocycles. The third kappa shape index (κ3) is 2.53. The molecule has 0 amide bonds. The molecule has 0 unspecified atom stereocenters. The van der Waals surface area contributed by atoms with E-state index in [1.54, 1.807) is 7.11 Å². The van der Waals surface area contributed by atoms with Crippen molar-refractivity contribution in [2.24, 2.45) is 5.41 Å². The van der Waals surface area contributed by atoms with E-state index in [1.165, 1.54) is 0 Å². The van der Waals surface area contributed by atoms with Gasteiger partial charge in [0.2, 0.25) is 0 Å². The van der Waals surface area contributed by atoms with E-state index < -0.39 is 11.4 Å². The van der Waals surface area contributed by atoms with Crippen molar-refractivity contribution >= 4 is 11.7 Å². The number of anilines is 1. The zero-order valence-electron chi connectivity index (χ0n) is 12.0. The molecule has 19 heavy (non-hydrogen) atoms. The molecule has 4 nitrogen and oxygen atoms in total. The van der Waals surface area contributed by atoms with Crippen molar-refractivity contribution in [3.8, 4) is 5.75 Å². The van der Waals surface area contributed by atoms with Crippen LogP contribution in [-0.2, 0) is 4.79 Å². The first-order valence-corrected chi connectivity index (χ1v) is 6.49. The summed E-state index contributed by atoms with van der Waals surface area (Å²) in [5, 5.41) is 9.26. The van der Waals surface area contributed by atoms with Gasteiger partial charge in [0, 0.05) is 19.3 Å². The molecule has 2 rings (SSSR count). The fourth-order valence-corrected chi connectivity index (χ4v) is 2.54. The van der Waals surface area contributed by atoms with Gasteiger partial charge in [-0.05, 0) is 49.9 Å². The summed E-state index contributed by atoms with van der Waals surface area (Å²) in [7, 11) is 3.62. The first kappa shape index (κ1) is 13.7. The number of nitrogens with zero attached hydrogens (tertiary/aromatic N) is 1. The van der Waals surface area contributed by atoms with E-state index in [9.17, 15) is 9.90 Å². The number of hydrogen-bond donors (Lipinski definition) is 1. The normalized spacial score (nSPS) is 16.0. The predicted molar refractivity (Wildman–Crippen MR) is 75.0 cm³/mol. The average Bonchev–Trinajstić information content (AvgIpc) is 3.12. The van der Waals surface area contributed by atoms with E-state index in [1.807, 2.05) is 31.9 Å². The Hall–Kier alpha value is -1.71. The smallest absolute Gasteiger partial charge is 0.311 e. The highest BCUT2D eigenvalue weighted by atomic mass is 16.5. The molecular weight excluding hydrogens is 242 g/mol.